The summed E-state index contributed by atoms with van der Waals surface area (Å²) in [5.41, 5.74) is 1.35. The summed E-state index contributed by atoms with van der Waals surface area (Å²) < 4.78 is 0. The molecule has 21 heavy (non-hydrogen) atoms. The van der Waals surface area contributed by atoms with Gasteiger partial charge in [-0.1, -0.05) is 6.07 Å². The third kappa shape index (κ3) is 3.43. The molecule has 2 N–H and O–H groups in total. The summed E-state index contributed by atoms with van der Waals surface area (Å²) in [6.45, 7) is 1.59. The van der Waals surface area contributed by atoms with Crippen LogP contribution in [0.2, 0.25) is 0 Å². The molecular formula is C14H13NO5S. The molecule has 0 spiro atoms. The second-order valence-corrected chi connectivity index (χ2v) is 5.52. The number of rotatable bonds is 4. The number of phenolic OH excluding ortho intramolecular Hbond substituents is 1. The first-order valence-corrected chi connectivity index (χ1v) is 6.97. The minimum Gasteiger partial charge on any atom is -0.508 e. The first-order valence-electron chi connectivity index (χ1n) is 6.15. The molecule has 0 atom stereocenters. The average molecular weight is 307 g/mol. The van der Waals surface area contributed by atoms with Crippen LogP contribution < -0.4 is 0 Å². The molecule has 6 nitrogen and oxygen atoms in total. The lowest BCUT2D eigenvalue weighted by molar-refractivity contribution is -0.137. The lowest BCUT2D eigenvalue weighted by Gasteiger charge is -2.09. The van der Waals surface area contributed by atoms with Crippen LogP contribution in [0.15, 0.2) is 23.1 Å². The molecule has 1 saturated heterocycles. The van der Waals surface area contributed by atoms with E-state index in [4.69, 9.17) is 5.11 Å². The number of benzene rings is 1. The standard InChI is InChI=1S/C14H13NO5S/c1-8-6-9(2-3-10(8)16)7-11-13(19)15(14(20)21-11)5-4-12(17)18/h2-3,6-7,16H,4-5H2,1H3,(H,17,18)/b11-7+. The monoisotopic (exact) mass is 307 g/mol. The summed E-state index contributed by atoms with van der Waals surface area (Å²) in [5.74, 6) is -1.40. The van der Waals surface area contributed by atoms with E-state index in [1.54, 1.807) is 25.1 Å². The zero-order valence-corrected chi connectivity index (χ0v) is 12.0. The Kier molecular flexibility index (Phi) is 4.32. The molecule has 0 unspecified atom stereocenters. The Balaban J connectivity index is 2.19. The van der Waals surface area contributed by atoms with Crippen molar-refractivity contribution in [1.82, 2.24) is 4.90 Å². The number of aromatic hydroxyl groups is 1. The SMILES string of the molecule is Cc1cc(/C=C2/SC(=O)N(CCC(=O)O)C2=O)ccc1O. The number of phenols is 1. The Bertz CT molecular complexity index is 653. The lowest BCUT2D eigenvalue weighted by atomic mass is 10.1. The second-order valence-electron chi connectivity index (χ2n) is 4.52. The maximum atomic E-state index is 12.1. The molecule has 7 heteroatoms. The molecule has 1 heterocycles. The van der Waals surface area contributed by atoms with Crippen LogP contribution in [0.3, 0.4) is 0 Å². The molecule has 0 bridgehead atoms. The third-order valence-electron chi connectivity index (χ3n) is 2.94. The van der Waals surface area contributed by atoms with Crippen LogP contribution in [0.25, 0.3) is 6.08 Å². The van der Waals surface area contributed by atoms with Crippen molar-refractivity contribution in [1.29, 1.82) is 0 Å². The number of imide groups is 1. The van der Waals surface area contributed by atoms with Crippen LogP contribution in [0.4, 0.5) is 4.79 Å². The summed E-state index contributed by atoms with van der Waals surface area (Å²) in [7, 11) is 0. The Labute approximate surface area is 125 Å². The lowest BCUT2D eigenvalue weighted by Crippen LogP contribution is -2.30. The predicted molar refractivity (Wildman–Crippen MR) is 77.8 cm³/mol. The van der Waals surface area contributed by atoms with Gasteiger partial charge in [0.2, 0.25) is 0 Å². The minimum absolute atomic E-state index is 0.133. The molecular weight excluding hydrogens is 294 g/mol. The topological polar surface area (TPSA) is 94.9 Å². The predicted octanol–water partition coefficient (Wildman–Crippen LogP) is 2.21. The van der Waals surface area contributed by atoms with Crippen molar-refractivity contribution >= 4 is 35.0 Å². The highest BCUT2D eigenvalue weighted by atomic mass is 32.2. The zero-order valence-electron chi connectivity index (χ0n) is 11.2. The van der Waals surface area contributed by atoms with Gasteiger partial charge in [-0.05, 0) is 48.0 Å². The average Bonchev–Trinajstić information content (AvgIpc) is 2.67. The summed E-state index contributed by atoms with van der Waals surface area (Å²) in [4.78, 5) is 35.5. The second kappa shape index (κ2) is 6.01. The number of aryl methyl sites for hydroxylation is 1. The molecule has 0 radical (unpaired) electrons. The first-order chi connectivity index (χ1) is 9.88. The van der Waals surface area contributed by atoms with Gasteiger partial charge in [0.25, 0.3) is 11.1 Å². The number of carbonyl (C=O) groups excluding carboxylic acids is 2. The number of carboxylic acid groups (broad SMARTS) is 1. The van der Waals surface area contributed by atoms with Crippen LogP contribution in [-0.4, -0.2) is 38.8 Å². The van der Waals surface area contributed by atoms with Crippen molar-refractivity contribution in [3.63, 3.8) is 0 Å². The van der Waals surface area contributed by atoms with Gasteiger partial charge in [0.05, 0.1) is 11.3 Å². The van der Waals surface area contributed by atoms with E-state index in [2.05, 4.69) is 0 Å². The van der Waals surface area contributed by atoms with Gasteiger partial charge in [-0.25, -0.2) is 0 Å². The van der Waals surface area contributed by atoms with Gasteiger partial charge in [-0.2, -0.15) is 0 Å². The molecule has 1 aromatic carbocycles. The van der Waals surface area contributed by atoms with Crippen LogP contribution in [0, 0.1) is 6.92 Å². The summed E-state index contributed by atoms with van der Waals surface area (Å²) >= 11 is 0.781. The molecule has 110 valence electrons. The number of hydrogen-bond donors (Lipinski definition) is 2. The van der Waals surface area contributed by atoms with E-state index >= 15 is 0 Å². The van der Waals surface area contributed by atoms with E-state index in [1.807, 2.05) is 0 Å². The molecule has 0 aromatic heterocycles. The third-order valence-corrected chi connectivity index (χ3v) is 3.85. The Morgan fingerprint density at radius 1 is 1.38 bits per heavy atom. The van der Waals surface area contributed by atoms with Gasteiger partial charge >= 0.3 is 5.97 Å². The van der Waals surface area contributed by atoms with E-state index in [0.717, 1.165) is 16.7 Å². The van der Waals surface area contributed by atoms with Crippen LogP contribution in [-0.2, 0) is 9.59 Å². The molecule has 1 aliphatic rings. The molecule has 1 fully saturated rings. The van der Waals surface area contributed by atoms with Crippen molar-refractivity contribution in [2.75, 3.05) is 6.54 Å². The van der Waals surface area contributed by atoms with Crippen LogP contribution in [0.1, 0.15) is 17.5 Å². The molecule has 1 aromatic rings. The zero-order chi connectivity index (χ0) is 15.6. The highest BCUT2D eigenvalue weighted by Gasteiger charge is 2.34. The number of carbonyl (C=O) groups is 3. The van der Waals surface area contributed by atoms with Gasteiger partial charge in [0.1, 0.15) is 5.75 Å². The van der Waals surface area contributed by atoms with Crippen LogP contribution >= 0.6 is 11.8 Å². The van der Waals surface area contributed by atoms with Gasteiger partial charge in [-0.3, -0.25) is 19.3 Å². The van der Waals surface area contributed by atoms with E-state index in [-0.39, 0.29) is 23.6 Å². The molecule has 2 amide bonds. The number of aliphatic carboxylic acids is 1. The Morgan fingerprint density at radius 3 is 2.71 bits per heavy atom. The molecule has 0 aliphatic carbocycles. The summed E-state index contributed by atoms with van der Waals surface area (Å²) in [6.07, 6.45) is 1.28. The fourth-order valence-electron chi connectivity index (χ4n) is 1.82. The summed E-state index contributed by atoms with van der Waals surface area (Å²) in [5, 5.41) is 17.6. The van der Waals surface area contributed by atoms with Gasteiger partial charge in [0.15, 0.2) is 0 Å². The van der Waals surface area contributed by atoms with Gasteiger partial charge in [0, 0.05) is 6.54 Å². The van der Waals surface area contributed by atoms with Gasteiger partial charge in [-0.15, -0.1) is 0 Å². The highest BCUT2D eigenvalue weighted by molar-refractivity contribution is 8.18. The fraction of sp³-hybridized carbons (Fsp3) is 0.214. The van der Waals surface area contributed by atoms with Crippen molar-refractivity contribution in [3.05, 3.63) is 34.2 Å². The number of thioether (sulfide) groups is 1. The van der Waals surface area contributed by atoms with E-state index in [1.165, 1.54) is 6.07 Å². The van der Waals surface area contributed by atoms with E-state index < -0.39 is 17.1 Å². The highest BCUT2D eigenvalue weighted by Crippen LogP contribution is 2.32. The number of amides is 2. The Morgan fingerprint density at radius 2 is 2.10 bits per heavy atom. The number of nitrogens with zero attached hydrogens (tertiary/aromatic N) is 1. The van der Waals surface area contributed by atoms with Crippen molar-refractivity contribution < 1.29 is 24.6 Å². The van der Waals surface area contributed by atoms with Crippen molar-refractivity contribution in [2.45, 2.75) is 13.3 Å². The molecule has 0 saturated carbocycles. The molecule has 2 rings (SSSR count). The molecule has 1 aliphatic heterocycles. The maximum absolute atomic E-state index is 12.1. The number of hydrogen-bond acceptors (Lipinski definition) is 5. The summed E-state index contributed by atoms with van der Waals surface area (Å²) in [6, 6.07) is 4.84. The van der Waals surface area contributed by atoms with E-state index in [9.17, 15) is 19.5 Å². The van der Waals surface area contributed by atoms with Crippen molar-refractivity contribution in [2.24, 2.45) is 0 Å². The maximum Gasteiger partial charge on any atom is 0.305 e. The fourth-order valence-corrected chi connectivity index (χ4v) is 2.69. The van der Waals surface area contributed by atoms with Crippen molar-refractivity contribution in [3.8, 4) is 5.75 Å². The van der Waals surface area contributed by atoms with E-state index in [0.29, 0.717) is 11.1 Å². The quantitative estimate of drug-likeness (QED) is 0.828. The smallest absolute Gasteiger partial charge is 0.305 e. The van der Waals surface area contributed by atoms with Gasteiger partial charge < -0.3 is 10.2 Å². The first kappa shape index (κ1) is 15.1. The number of carboxylic acids is 1. The largest absolute Gasteiger partial charge is 0.508 e. The van der Waals surface area contributed by atoms with Crippen LogP contribution in [0.5, 0.6) is 5.75 Å². The normalized spacial score (nSPS) is 16.8. The Hall–Kier alpha value is -2.28. The minimum atomic E-state index is -1.06.